The van der Waals surface area contributed by atoms with Crippen LogP contribution in [0.15, 0.2) is 24.3 Å². The molecule has 0 aromatic heterocycles. The standard InChI is InChI=1S/C12H17ClN2O2/c1-14-12(16)9-15(2)7-8-17-11-5-3-10(13)4-6-11/h3-6H,7-9H2,1-2H3,(H,14,16). The van der Waals surface area contributed by atoms with Crippen LogP contribution in [0.2, 0.25) is 5.02 Å². The highest BCUT2D eigenvalue weighted by atomic mass is 35.5. The molecule has 0 heterocycles. The van der Waals surface area contributed by atoms with Crippen molar-refractivity contribution in [2.75, 3.05) is 33.8 Å². The van der Waals surface area contributed by atoms with Crippen LogP contribution in [0.3, 0.4) is 0 Å². The van der Waals surface area contributed by atoms with E-state index in [9.17, 15) is 4.79 Å². The van der Waals surface area contributed by atoms with Gasteiger partial charge in [0.1, 0.15) is 12.4 Å². The number of ether oxygens (including phenoxy) is 1. The van der Waals surface area contributed by atoms with Gasteiger partial charge in [0.05, 0.1) is 6.54 Å². The highest BCUT2D eigenvalue weighted by molar-refractivity contribution is 6.30. The lowest BCUT2D eigenvalue weighted by Gasteiger charge is -2.15. The largest absolute Gasteiger partial charge is 0.492 e. The van der Waals surface area contributed by atoms with Crippen LogP contribution < -0.4 is 10.1 Å². The Balaban J connectivity index is 2.23. The maximum Gasteiger partial charge on any atom is 0.233 e. The predicted molar refractivity (Wildman–Crippen MR) is 68.5 cm³/mol. The van der Waals surface area contributed by atoms with E-state index >= 15 is 0 Å². The lowest BCUT2D eigenvalue weighted by Crippen LogP contribution is -2.35. The quantitative estimate of drug-likeness (QED) is 0.837. The van der Waals surface area contributed by atoms with Crippen LogP contribution in [0.5, 0.6) is 5.75 Å². The fraction of sp³-hybridized carbons (Fsp3) is 0.417. The Morgan fingerprint density at radius 3 is 2.65 bits per heavy atom. The summed E-state index contributed by atoms with van der Waals surface area (Å²) in [5.74, 6) is 0.779. The molecule has 0 saturated carbocycles. The highest BCUT2D eigenvalue weighted by Crippen LogP contribution is 2.15. The molecule has 0 bridgehead atoms. The van der Waals surface area contributed by atoms with Gasteiger partial charge in [0, 0.05) is 18.6 Å². The van der Waals surface area contributed by atoms with Gasteiger partial charge in [0.2, 0.25) is 5.91 Å². The van der Waals surface area contributed by atoms with E-state index in [1.54, 1.807) is 19.2 Å². The minimum Gasteiger partial charge on any atom is -0.492 e. The predicted octanol–water partition coefficient (Wildman–Crippen LogP) is 1.40. The molecule has 1 aromatic carbocycles. The summed E-state index contributed by atoms with van der Waals surface area (Å²) in [6, 6.07) is 7.21. The lowest BCUT2D eigenvalue weighted by molar-refractivity contribution is -0.121. The Bertz CT molecular complexity index is 354. The van der Waals surface area contributed by atoms with Crippen molar-refractivity contribution in [3.8, 4) is 5.75 Å². The Morgan fingerprint density at radius 2 is 2.06 bits per heavy atom. The van der Waals surface area contributed by atoms with E-state index in [-0.39, 0.29) is 5.91 Å². The zero-order chi connectivity index (χ0) is 12.7. The van der Waals surface area contributed by atoms with Gasteiger partial charge in [-0.15, -0.1) is 0 Å². The Kier molecular flexibility index (Phi) is 5.80. The molecular formula is C12H17ClN2O2. The van der Waals surface area contributed by atoms with E-state index in [0.717, 1.165) is 5.75 Å². The Morgan fingerprint density at radius 1 is 1.41 bits per heavy atom. The van der Waals surface area contributed by atoms with Crippen LogP contribution in [-0.4, -0.2) is 44.6 Å². The molecule has 0 saturated heterocycles. The number of nitrogens with one attached hydrogen (secondary N) is 1. The van der Waals surface area contributed by atoms with Crippen molar-refractivity contribution in [3.63, 3.8) is 0 Å². The second-order valence-electron chi connectivity index (χ2n) is 3.71. The first kappa shape index (κ1) is 13.8. The molecule has 0 aliphatic heterocycles. The molecule has 0 aliphatic rings. The van der Waals surface area contributed by atoms with Crippen LogP contribution in [0, 0.1) is 0 Å². The van der Waals surface area contributed by atoms with Gasteiger partial charge in [0.15, 0.2) is 0 Å². The molecule has 0 aliphatic carbocycles. The number of carbonyl (C=O) groups is 1. The van der Waals surface area contributed by atoms with Crippen LogP contribution in [0.4, 0.5) is 0 Å². The molecule has 0 atom stereocenters. The second kappa shape index (κ2) is 7.14. The van der Waals surface area contributed by atoms with Crippen molar-refractivity contribution in [3.05, 3.63) is 29.3 Å². The van der Waals surface area contributed by atoms with Crippen LogP contribution in [-0.2, 0) is 4.79 Å². The maximum atomic E-state index is 11.1. The molecule has 1 rings (SSSR count). The third-order valence-electron chi connectivity index (χ3n) is 2.25. The van der Waals surface area contributed by atoms with Crippen molar-refractivity contribution in [1.82, 2.24) is 10.2 Å². The van der Waals surface area contributed by atoms with Crippen molar-refractivity contribution in [2.24, 2.45) is 0 Å². The monoisotopic (exact) mass is 256 g/mol. The maximum absolute atomic E-state index is 11.1. The van der Waals surface area contributed by atoms with Crippen LogP contribution in [0.1, 0.15) is 0 Å². The molecule has 1 N–H and O–H groups in total. The number of amides is 1. The average Bonchev–Trinajstić information content (AvgIpc) is 2.31. The summed E-state index contributed by atoms with van der Waals surface area (Å²) in [4.78, 5) is 13.0. The first-order valence-electron chi connectivity index (χ1n) is 5.39. The highest BCUT2D eigenvalue weighted by Gasteiger charge is 2.04. The molecular weight excluding hydrogens is 240 g/mol. The molecule has 94 valence electrons. The van der Waals surface area contributed by atoms with E-state index in [2.05, 4.69) is 5.32 Å². The van der Waals surface area contributed by atoms with Gasteiger partial charge in [-0.25, -0.2) is 0 Å². The first-order chi connectivity index (χ1) is 8.11. The SMILES string of the molecule is CNC(=O)CN(C)CCOc1ccc(Cl)cc1. The van der Waals surface area contributed by atoms with Gasteiger partial charge in [-0.2, -0.15) is 0 Å². The van der Waals surface area contributed by atoms with E-state index < -0.39 is 0 Å². The van der Waals surface area contributed by atoms with Crippen molar-refractivity contribution >= 4 is 17.5 Å². The minimum absolute atomic E-state index is 0.000932. The number of halogens is 1. The third-order valence-corrected chi connectivity index (χ3v) is 2.50. The Hall–Kier alpha value is -1.26. The topological polar surface area (TPSA) is 41.6 Å². The van der Waals surface area contributed by atoms with Crippen molar-refractivity contribution in [1.29, 1.82) is 0 Å². The number of carbonyl (C=O) groups excluding carboxylic acids is 1. The molecule has 1 amide bonds. The van der Waals surface area contributed by atoms with E-state index in [0.29, 0.717) is 24.7 Å². The lowest BCUT2D eigenvalue weighted by atomic mass is 10.3. The van der Waals surface area contributed by atoms with Crippen LogP contribution in [0.25, 0.3) is 0 Å². The summed E-state index contributed by atoms with van der Waals surface area (Å²) in [6.45, 7) is 1.60. The molecule has 17 heavy (non-hydrogen) atoms. The summed E-state index contributed by atoms with van der Waals surface area (Å²) >= 11 is 5.76. The van der Waals surface area contributed by atoms with Crippen LogP contribution >= 0.6 is 11.6 Å². The Labute approximate surface area is 107 Å². The third kappa shape index (κ3) is 5.56. The fourth-order valence-corrected chi connectivity index (χ4v) is 1.38. The molecule has 0 fully saturated rings. The molecule has 4 nitrogen and oxygen atoms in total. The van der Waals surface area contributed by atoms with Gasteiger partial charge in [-0.3, -0.25) is 9.69 Å². The van der Waals surface area contributed by atoms with Gasteiger partial charge >= 0.3 is 0 Å². The summed E-state index contributed by atoms with van der Waals surface area (Å²) < 4.78 is 5.51. The first-order valence-corrected chi connectivity index (χ1v) is 5.77. The fourth-order valence-electron chi connectivity index (χ4n) is 1.25. The van der Waals surface area contributed by atoms with Gasteiger partial charge in [-0.05, 0) is 31.3 Å². The molecule has 1 aromatic rings. The number of hydrogen-bond donors (Lipinski definition) is 1. The zero-order valence-corrected chi connectivity index (χ0v) is 10.8. The molecule has 0 unspecified atom stereocenters. The van der Waals surface area contributed by atoms with Crippen molar-refractivity contribution < 1.29 is 9.53 Å². The van der Waals surface area contributed by atoms with Gasteiger partial charge in [-0.1, -0.05) is 11.6 Å². The molecule has 0 spiro atoms. The van der Waals surface area contributed by atoms with E-state index in [1.165, 1.54) is 0 Å². The second-order valence-corrected chi connectivity index (χ2v) is 4.15. The number of benzene rings is 1. The number of hydrogen-bond acceptors (Lipinski definition) is 3. The number of nitrogens with zero attached hydrogens (tertiary/aromatic N) is 1. The summed E-state index contributed by atoms with van der Waals surface area (Å²) in [6.07, 6.45) is 0. The molecule has 5 heteroatoms. The number of likely N-dealkylation sites (N-methyl/N-ethyl adjacent to an activating group) is 2. The zero-order valence-electron chi connectivity index (χ0n) is 10.1. The van der Waals surface area contributed by atoms with Crippen molar-refractivity contribution in [2.45, 2.75) is 0 Å². The number of rotatable bonds is 6. The smallest absolute Gasteiger partial charge is 0.233 e. The molecule has 0 radical (unpaired) electrons. The van der Waals surface area contributed by atoms with Gasteiger partial charge in [0.25, 0.3) is 0 Å². The summed E-state index contributed by atoms with van der Waals surface area (Å²) in [7, 11) is 3.50. The summed E-state index contributed by atoms with van der Waals surface area (Å²) in [5.41, 5.74) is 0. The van der Waals surface area contributed by atoms with Gasteiger partial charge < -0.3 is 10.1 Å². The van der Waals surface area contributed by atoms with E-state index in [4.69, 9.17) is 16.3 Å². The normalized spacial score (nSPS) is 10.4. The minimum atomic E-state index is -0.000932. The van der Waals surface area contributed by atoms with E-state index in [1.807, 2.05) is 24.1 Å². The summed E-state index contributed by atoms with van der Waals surface area (Å²) in [5, 5.41) is 3.26. The average molecular weight is 257 g/mol.